The lowest BCUT2D eigenvalue weighted by molar-refractivity contribution is 0.391. The van der Waals surface area contributed by atoms with Gasteiger partial charge in [0.05, 0.1) is 7.11 Å². The van der Waals surface area contributed by atoms with Crippen molar-refractivity contribution in [2.24, 2.45) is 4.76 Å². The maximum Gasteiger partial charge on any atom is 0.441 e. The van der Waals surface area contributed by atoms with Gasteiger partial charge in [0, 0.05) is 6.42 Å². The average molecular weight is 199 g/mol. The van der Waals surface area contributed by atoms with Crippen LogP contribution in [0, 0.1) is 0 Å². The normalized spacial score (nSPS) is 13.1. The molecule has 5 heteroatoms. The summed E-state index contributed by atoms with van der Waals surface area (Å²) in [5.41, 5.74) is 0. The molecule has 0 amide bonds. The molecule has 0 bridgehead atoms. The van der Waals surface area contributed by atoms with E-state index in [0.717, 1.165) is 12.8 Å². The van der Waals surface area contributed by atoms with Crippen LogP contribution in [0.5, 0.6) is 0 Å². The summed E-state index contributed by atoms with van der Waals surface area (Å²) in [5, 5.41) is 0. The predicted molar refractivity (Wildman–Crippen MR) is 49.5 cm³/mol. The molecule has 0 saturated heterocycles. The first kappa shape index (κ1) is 10.3. The van der Waals surface area contributed by atoms with Gasteiger partial charge in [0.2, 0.25) is 28.9 Å². The summed E-state index contributed by atoms with van der Waals surface area (Å²) in [6.45, 7) is 2.05. The smallest absolute Gasteiger partial charge is 0.441 e. The summed E-state index contributed by atoms with van der Waals surface area (Å²) in [6, 6.07) is 0. The third kappa shape index (κ3) is 5.10. The van der Waals surface area contributed by atoms with Crippen LogP contribution in [0.3, 0.4) is 0 Å². The Kier molecular flexibility index (Phi) is 6.19. The molecular formula is C5H10ClNOPS+. The van der Waals surface area contributed by atoms with Gasteiger partial charge in [0.1, 0.15) is 0 Å². The first-order valence-corrected chi connectivity index (χ1v) is 6.16. The molecule has 0 spiro atoms. The molecule has 0 aromatic heterocycles. The molecular weight excluding hydrogens is 189 g/mol. The van der Waals surface area contributed by atoms with Crippen molar-refractivity contribution < 1.29 is 4.74 Å². The minimum absolute atomic E-state index is 0.665. The van der Waals surface area contributed by atoms with Gasteiger partial charge in [0.25, 0.3) is 0 Å². The fraction of sp³-hybridized carbons (Fsp3) is 0.800. The van der Waals surface area contributed by atoms with E-state index < -0.39 is 6.20 Å². The zero-order valence-electron chi connectivity index (χ0n) is 6.00. The van der Waals surface area contributed by atoms with Crippen LogP contribution < -0.4 is 0 Å². The molecule has 0 aliphatic heterocycles. The van der Waals surface area contributed by atoms with Crippen LogP contribution >= 0.6 is 17.4 Å². The van der Waals surface area contributed by atoms with Crippen molar-refractivity contribution in [3.05, 3.63) is 0 Å². The molecule has 1 atom stereocenters. The molecule has 1 unspecified atom stereocenters. The van der Waals surface area contributed by atoms with E-state index in [2.05, 4.69) is 11.7 Å². The number of hydrogen-bond donors (Lipinski definition) is 0. The first-order chi connectivity index (χ1) is 4.70. The SMILES string of the molecule is CCCC(=N[P+](=S)Cl)OC. The lowest BCUT2D eigenvalue weighted by Gasteiger charge is -1.95. The Balaban J connectivity index is 3.91. The van der Waals surface area contributed by atoms with Crippen molar-refractivity contribution in [1.82, 2.24) is 0 Å². The summed E-state index contributed by atoms with van der Waals surface area (Å²) < 4.78 is 8.84. The van der Waals surface area contributed by atoms with Crippen LogP contribution in [0.2, 0.25) is 0 Å². The highest BCUT2D eigenvalue weighted by Gasteiger charge is 2.06. The van der Waals surface area contributed by atoms with Crippen molar-refractivity contribution in [3.8, 4) is 0 Å². The van der Waals surface area contributed by atoms with Gasteiger partial charge < -0.3 is 4.74 Å². The molecule has 0 aromatic rings. The Bertz CT molecular complexity index is 151. The zero-order valence-corrected chi connectivity index (χ0v) is 8.47. The molecule has 58 valence electrons. The number of halogens is 1. The third-order valence-corrected chi connectivity index (χ3v) is 1.74. The van der Waals surface area contributed by atoms with Gasteiger partial charge in [-0.15, -0.1) is 0 Å². The highest BCUT2D eigenvalue weighted by atomic mass is 35.7. The first-order valence-electron chi connectivity index (χ1n) is 2.95. The molecule has 0 radical (unpaired) electrons. The Hall–Kier alpha value is 0.280. The van der Waals surface area contributed by atoms with Crippen LogP contribution in [-0.2, 0) is 16.5 Å². The van der Waals surface area contributed by atoms with E-state index in [1.807, 2.05) is 0 Å². The average Bonchev–Trinajstić information content (AvgIpc) is 1.86. The van der Waals surface area contributed by atoms with E-state index in [4.69, 9.17) is 27.8 Å². The molecule has 0 fully saturated rings. The van der Waals surface area contributed by atoms with Crippen molar-refractivity contribution in [2.45, 2.75) is 19.8 Å². The van der Waals surface area contributed by atoms with Gasteiger partial charge in [-0.05, 0) is 11.2 Å². The second kappa shape index (κ2) is 6.02. The van der Waals surface area contributed by atoms with Gasteiger partial charge in [-0.1, -0.05) is 6.92 Å². The Morgan fingerprint density at radius 3 is 2.70 bits per heavy atom. The Morgan fingerprint density at radius 2 is 2.40 bits per heavy atom. The molecule has 0 aliphatic carbocycles. The van der Waals surface area contributed by atoms with E-state index in [1.54, 1.807) is 7.11 Å². The Morgan fingerprint density at radius 1 is 1.80 bits per heavy atom. The van der Waals surface area contributed by atoms with Crippen LogP contribution in [0.15, 0.2) is 4.76 Å². The van der Waals surface area contributed by atoms with Gasteiger partial charge in [-0.3, -0.25) is 0 Å². The van der Waals surface area contributed by atoms with E-state index in [9.17, 15) is 0 Å². The highest BCUT2D eigenvalue weighted by Crippen LogP contribution is 2.29. The molecule has 0 N–H and O–H groups in total. The molecule has 0 rings (SSSR count). The molecule has 0 aliphatic rings. The van der Waals surface area contributed by atoms with Crippen molar-refractivity contribution in [2.75, 3.05) is 7.11 Å². The van der Waals surface area contributed by atoms with Gasteiger partial charge in [-0.25, -0.2) is 0 Å². The fourth-order valence-electron chi connectivity index (χ4n) is 0.494. The number of ether oxygens (including phenoxy) is 1. The minimum Gasteiger partial charge on any atom is -0.481 e. The van der Waals surface area contributed by atoms with Crippen molar-refractivity contribution in [3.63, 3.8) is 0 Å². The van der Waals surface area contributed by atoms with Crippen LogP contribution in [-0.4, -0.2) is 13.0 Å². The molecule has 2 nitrogen and oxygen atoms in total. The second-order valence-corrected chi connectivity index (χ2v) is 4.93. The van der Waals surface area contributed by atoms with E-state index >= 15 is 0 Å². The second-order valence-electron chi connectivity index (χ2n) is 1.67. The van der Waals surface area contributed by atoms with E-state index in [1.165, 1.54) is 0 Å². The number of nitrogens with zero attached hydrogens (tertiary/aromatic N) is 1. The lowest BCUT2D eigenvalue weighted by atomic mass is 10.3. The topological polar surface area (TPSA) is 21.6 Å². The lowest BCUT2D eigenvalue weighted by Crippen LogP contribution is -1.98. The molecule has 10 heavy (non-hydrogen) atoms. The van der Waals surface area contributed by atoms with Crippen LogP contribution in [0.1, 0.15) is 19.8 Å². The van der Waals surface area contributed by atoms with Crippen LogP contribution in [0.4, 0.5) is 0 Å². The fourth-order valence-corrected chi connectivity index (χ4v) is 1.38. The summed E-state index contributed by atoms with van der Waals surface area (Å²) in [6.07, 6.45) is 0.682. The number of methoxy groups -OCH3 is 1. The predicted octanol–water partition coefficient (Wildman–Crippen LogP) is 2.84. The number of rotatable bonds is 3. The largest absolute Gasteiger partial charge is 0.481 e. The minimum atomic E-state index is -1.14. The van der Waals surface area contributed by atoms with Crippen LogP contribution in [0.25, 0.3) is 0 Å². The summed E-state index contributed by atoms with van der Waals surface area (Å²) in [4.78, 5) is 0. The molecule has 0 saturated carbocycles. The molecule has 0 aromatic carbocycles. The third-order valence-electron chi connectivity index (χ3n) is 0.890. The van der Waals surface area contributed by atoms with Gasteiger partial charge >= 0.3 is 6.20 Å². The quantitative estimate of drug-likeness (QED) is 0.395. The summed E-state index contributed by atoms with van der Waals surface area (Å²) in [7, 11) is 1.58. The van der Waals surface area contributed by atoms with Gasteiger partial charge in [-0.2, -0.15) is 0 Å². The zero-order chi connectivity index (χ0) is 7.98. The van der Waals surface area contributed by atoms with E-state index in [0.29, 0.717) is 5.90 Å². The highest BCUT2D eigenvalue weighted by molar-refractivity contribution is 8.16. The maximum absolute atomic E-state index is 5.50. The van der Waals surface area contributed by atoms with Crippen molar-refractivity contribution >= 4 is 35.1 Å². The maximum atomic E-state index is 5.50. The molecule has 0 heterocycles. The number of hydrogen-bond acceptors (Lipinski definition) is 2. The Labute approximate surface area is 71.9 Å². The van der Waals surface area contributed by atoms with E-state index in [-0.39, 0.29) is 0 Å². The standard InChI is InChI=1S/C5H10ClNOPS/c1-3-4-5(8-2)7-9(6)10/h3-4H2,1-2H3/q+1. The summed E-state index contributed by atoms with van der Waals surface area (Å²) >= 11 is 10.2. The van der Waals surface area contributed by atoms with Gasteiger partial charge in [0.15, 0.2) is 0 Å². The monoisotopic (exact) mass is 198 g/mol. The summed E-state index contributed by atoms with van der Waals surface area (Å²) in [5.74, 6) is 0.665. The van der Waals surface area contributed by atoms with Crippen molar-refractivity contribution in [1.29, 1.82) is 0 Å².